The Kier molecular flexibility index (Phi) is 5.46. The number of piperidine rings is 1. The van der Waals surface area contributed by atoms with Crippen LogP contribution in [-0.2, 0) is 20.6 Å². The van der Waals surface area contributed by atoms with Crippen LogP contribution in [-0.4, -0.2) is 74.7 Å². The molecule has 25 heavy (non-hydrogen) atoms. The summed E-state index contributed by atoms with van der Waals surface area (Å²) in [4.78, 5) is 15.8. The number of hydrogen-bond donors (Lipinski definition) is 0. The summed E-state index contributed by atoms with van der Waals surface area (Å²) in [6, 6.07) is 9.32. The zero-order valence-corrected chi connectivity index (χ0v) is 15.8. The van der Waals surface area contributed by atoms with Crippen LogP contribution in [0.4, 0.5) is 0 Å². The van der Waals surface area contributed by atoms with Crippen LogP contribution in [0.25, 0.3) is 0 Å². The molecule has 2 atom stereocenters. The largest absolute Gasteiger partial charge is 0.348 e. The van der Waals surface area contributed by atoms with Gasteiger partial charge in [0.2, 0.25) is 15.9 Å². The fourth-order valence-electron chi connectivity index (χ4n) is 3.81. The summed E-state index contributed by atoms with van der Waals surface area (Å²) >= 11 is 0. The quantitative estimate of drug-likeness (QED) is 0.781. The van der Waals surface area contributed by atoms with Gasteiger partial charge in [0, 0.05) is 39.8 Å². The number of fused-ring (bicyclic) bond motifs is 4. The Morgan fingerprint density at radius 3 is 2.52 bits per heavy atom. The highest BCUT2D eigenvalue weighted by Crippen LogP contribution is 2.31. The standard InChI is InChI=1S/C18H27N3O3S/c1-19(2)18(22)13-20-10-16-8-9-17(12-20)21(11-16)25(23,24)14-15-6-4-3-5-7-15/h3-7,16-17H,8-14H2,1-2H3/t16-,17+/m0/s1. The summed E-state index contributed by atoms with van der Waals surface area (Å²) in [6.07, 6.45) is 1.92. The second-order valence-electron chi connectivity index (χ2n) is 7.39. The van der Waals surface area contributed by atoms with Crippen LogP contribution < -0.4 is 0 Å². The molecule has 0 spiro atoms. The van der Waals surface area contributed by atoms with E-state index in [0.29, 0.717) is 25.6 Å². The third-order valence-electron chi connectivity index (χ3n) is 5.15. The van der Waals surface area contributed by atoms with Gasteiger partial charge < -0.3 is 4.90 Å². The van der Waals surface area contributed by atoms with Crippen LogP contribution in [0.5, 0.6) is 0 Å². The van der Waals surface area contributed by atoms with Crippen LogP contribution in [0.15, 0.2) is 30.3 Å². The fourth-order valence-corrected chi connectivity index (χ4v) is 5.65. The van der Waals surface area contributed by atoms with E-state index in [1.54, 1.807) is 23.3 Å². The molecule has 1 aromatic rings. The first-order chi connectivity index (χ1) is 11.8. The Morgan fingerprint density at radius 1 is 1.12 bits per heavy atom. The number of nitrogens with zero attached hydrogens (tertiary/aromatic N) is 3. The molecular weight excluding hydrogens is 338 g/mol. The van der Waals surface area contributed by atoms with Gasteiger partial charge in [0.1, 0.15) is 0 Å². The topological polar surface area (TPSA) is 60.9 Å². The minimum absolute atomic E-state index is 0.0255. The second-order valence-corrected chi connectivity index (χ2v) is 9.31. The molecule has 0 radical (unpaired) electrons. The molecule has 0 N–H and O–H groups in total. The Morgan fingerprint density at radius 2 is 1.84 bits per heavy atom. The molecule has 7 heteroatoms. The predicted octanol–water partition coefficient (Wildman–Crippen LogP) is 1.00. The number of carbonyl (C=O) groups is 1. The van der Waals surface area contributed by atoms with Crippen LogP contribution >= 0.6 is 0 Å². The smallest absolute Gasteiger partial charge is 0.236 e. The van der Waals surface area contributed by atoms with E-state index in [0.717, 1.165) is 24.9 Å². The van der Waals surface area contributed by atoms with Crippen LogP contribution in [0, 0.1) is 5.92 Å². The molecule has 1 amide bonds. The molecule has 2 bridgehead atoms. The Balaban J connectivity index is 1.73. The van der Waals surface area contributed by atoms with Crippen molar-refractivity contribution in [2.24, 2.45) is 5.92 Å². The first-order valence-corrected chi connectivity index (χ1v) is 10.4. The zero-order chi connectivity index (χ0) is 18.0. The van der Waals surface area contributed by atoms with Gasteiger partial charge in [-0.3, -0.25) is 9.69 Å². The number of sulfonamides is 1. The monoisotopic (exact) mass is 365 g/mol. The number of hydrogen-bond acceptors (Lipinski definition) is 4. The Hall–Kier alpha value is -1.44. The molecule has 3 fully saturated rings. The van der Waals surface area contributed by atoms with Gasteiger partial charge in [0.05, 0.1) is 12.3 Å². The lowest BCUT2D eigenvalue weighted by atomic mass is 9.97. The predicted molar refractivity (Wildman–Crippen MR) is 97.4 cm³/mol. The minimum Gasteiger partial charge on any atom is -0.348 e. The molecule has 0 unspecified atom stereocenters. The van der Waals surface area contributed by atoms with Gasteiger partial charge >= 0.3 is 0 Å². The number of amides is 1. The van der Waals surface area contributed by atoms with E-state index >= 15 is 0 Å². The van der Waals surface area contributed by atoms with Gasteiger partial charge in [-0.25, -0.2) is 8.42 Å². The van der Waals surface area contributed by atoms with Crippen molar-refractivity contribution in [2.75, 3.05) is 40.3 Å². The van der Waals surface area contributed by atoms with E-state index in [-0.39, 0.29) is 17.7 Å². The summed E-state index contributed by atoms with van der Waals surface area (Å²) in [7, 11) is 0.163. The van der Waals surface area contributed by atoms with Crippen LogP contribution in [0.2, 0.25) is 0 Å². The average Bonchev–Trinajstić information content (AvgIpc) is 2.86. The van der Waals surface area contributed by atoms with E-state index in [2.05, 4.69) is 4.90 Å². The molecule has 3 heterocycles. The van der Waals surface area contributed by atoms with E-state index < -0.39 is 10.0 Å². The molecule has 3 aliphatic rings. The highest BCUT2D eigenvalue weighted by atomic mass is 32.2. The molecular formula is C18H27N3O3S. The molecule has 6 nitrogen and oxygen atoms in total. The van der Waals surface area contributed by atoms with Crippen molar-refractivity contribution in [1.82, 2.24) is 14.1 Å². The van der Waals surface area contributed by atoms with Crippen LogP contribution in [0.1, 0.15) is 18.4 Å². The lowest BCUT2D eigenvalue weighted by Gasteiger charge is -2.35. The van der Waals surface area contributed by atoms with Gasteiger partial charge in [-0.2, -0.15) is 4.31 Å². The third-order valence-corrected chi connectivity index (χ3v) is 7.01. The summed E-state index contributed by atoms with van der Waals surface area (Å²) in [5.41, 5.74) is 0.822. The second kappa shape index (κ2) is 7.43. The highest BCUT2D eigenvalue weighted by molar-refractivity contribution is 7.88. The number of carbonyl (C=O) groups excluding carboxylic acids is 1. The summed E-state index contributed by atoms with van der Waals surface area (Å²) < 4.78 is 27.6. The first-order valence-electron chi connectivity index (χ1n) is 8.81. The van der Waals surface area contributed by atoms with E-state index in [9.17, 15) is 13.2 Å². The van der Waals surface area contributed by atoms with Gasteiger partial charge in [-0.15, -0.1) is 0 Å². The van der Waals surface area contributed by atoms with Crippen molar-refractivity contribution < 1.29 is 13.2 Å². The van der Waals surface area contributed by atoms with Gasteiger partial charge in [0.15, 0.2) is 0 Å². The highest BCUT2D eigenvalue weighted by Gasteiger charge is 2.40. The number of benzene rings is 1. The van der Waals surface area contributed by atoms with Crippen molar-refractivity contribution >= 4 is 15.9 Å². The van der Waals surface area contributed by atoms with Gasteiger partial charge in [0.25, 0.3) is 0 Å². The maximum Gasteiger partial charge on any atom is 0.236 e. The number of likely N-dealkylation sites (N-methyl/N-ethyl adjacent to an activating group) is 1. The normalized spacial score (nSPS) is 24.9. The fraction of sp³-hybridized carbons (Fsp3) is 0.611. The maximum absolute atomic E-state index is 13.0. The molecule has 0 saturated carbocycles. The molecule has 138 valence electrons. The Labute approximate surface area is 150 Å². The van der Waals surface area contributed by atoms with E-state index in [4.69, 9.17) is 0 Å². The summed E-state index contributed by atoms with van der Waals surface area (Å²) in [5.74, 6) is 0.424. The molecule has 0 aliphatic carbocycles. The van der Waals surface area contributed by atoms with Gasteiger partial charge in [-0.05, 0) is 24.3 Å². The van der Waals surface area contributed by atoms with Gasteiger partial charge in [-0.1, -0.05) is 30.3 Å². The summed E-state index contributed by atoms with van der Waals surface area (Å²) in [6.45, 7) is 2.39. The van der Waals surface area contributed by atoms with Crippen molar-refractivity contribution in [3.05, 3.63) is 35.9 Å². The van der Waals surface area contributed by atoms with Crippen LogP contribution in [0.3, 0.4) is 0 Å². The molecule has 0 aromatic heterocycles. The maximum atomic E-state index is 13.0. The third kappa shape index (κ3) is 4.40. The Bertz CT molecular complexity index is 706. The molecule has 3 saturated heterocycles. The van der Waals surface area contributed by atoms with E-state index in [1.165, 1.54) is 0 Å². The van der Waals surface area contributed by atoms with Crippen molar-refractivity contribution in [2.45, 2.75) is 24.6 Å². The zero-order valence-electron chi connectivity index (χ0n) is 15.0. The molecule has 1 aromatic carbocycles. The lowest BCUT2D eigenvalue weighted by molar-refractivity contribution is -0.129. The number of rotatable bonds is 5. The van der Waals surface area contributed by atoms with E-state index in [1.807, 2.05) is 30.3 Å². The first kappa shape index (κ1) is 18.4. The van der Waals surface area contributed by atoms with Crippen molar-refractivity contribution in [3.8, 4) is 0 Å². The molecule has 3 aliphatic heterocycles. The molecule has 4 rings (SSSR count). The SMILES string of the molecule is CN(C)C(=O)CN1C[C@@H]2CC[C@H](C1)N(S(=O)(=O)Cc1ccccc1)C2. The minimum atomic E-state index is -3.35. The lowest BCUT2D eigenvalue weighted by Crippen LogP contribution is -2.48. The average molecular weight is 365 g/mol. The van der Waals surface area contributed by atoms with Crippen molar-refractivity contribution in [1.29, 1.82) is 0 Å². The van der Waals surface area contributed by atoms with Crippen molar-refractivity contribution in [3.63, 3.8) is 0 Å². The summed E-state index contributed by atoms with van der Waals surface area (Å²) in [5, 5.41) is 0.